The molecule has 3 N–H and O–H groups in total. The number of amides is 3. The van der Waals surface area contributed by atoms with Gasteiger partial charge in [-0.1, -0.05) is 26.0 Å². The molecule has 1 aromatic carbocycles. The third-order valence-electron chi connectivity index (χ3n) is 5.78. The van der Waals surface area contributed by atoms with Crippen molar-refractivity contribution in [2.24, 2.45) is 11.1 Å². The van der Waals surface area contributed by atoms with Crippen molar-refractivity contribution >= 4 is 28.2 Å². The lowest BCUT2D eigenvalue weighted by Crippen LogP contribution is -2.48. The number of hydrogen-bond acceptors (Lipinski definition) is 6. The van der Waals surface area contributed by atoms with E-state index in [9.17, 15) is 22.8 Å². The largest absolute Gasteiger partial charge is 0.478 e. The number of primary amides is 1. The molecule has 0 radical (unpaired) electrons. The first-order chi connectivity index (χ1) is 14.4. The zero-order chi connectivity index (χ0) is 23.0. The van der Waals surface area contributed by atoms with Gasteiger partial charge >= 0.3 is 22.3 Å². The number of hydrogen-bond donors (Lipinski definition) is 2. The number of aryl methyl sites for hydroxylation is 1. The Kier molecular flexibility index (Phi) is 6.28. The first-order valence-electron chi connectivity index (χ1n) is 10.0. The highest BCUT2D eigenvalue weighted by atomic mass is 32.2. The second-order valence-electron chi connectivity index (χ2n) is 8.77. The van der Waals surface area contributed by atoms with Crippen LogP contribution in [0.25, 0.3) is 0 Å². The number of urea groups is 1. The quantitative estimate of drug-likeness (QED) is 0.573. The molecule has 0 unspecified atom stereocenters. The van der Waals surface area contributed by atoms with Crippen molar-refractivity contribution in [1.82, 2.24) is 9.21 Å². The number of benzene rings is 1. The van der Waals surface area contributed by atoms with Gasteiger partial charge in [-0.15, -0.1) is 0 Å². The fraction of sp³-hybridized carbons (Fsp3) is 0.550. The monoisotopic (exact) mass is 453 g/mol. The average molecular weight is 454 g/mol. The van der Waals surface area contributed by atoms with Gasteiger partial charge in [0.15, 0.2) is 0 Å². The van der Waals surface area contributed by atoms with E-state index in [1.807, 2.05) is 13.8 Å². The maximum Gasteiger partial charge on any atom is 0.366 e. The van der Waals surface area contributed by atoms with Crippen LogP contribution in [0.2, 0.25) is 0 Å². The fourth-order valence-electron chi connectivity index (χ4n) is 3.87. The van der Waals surface area contributed by atoms with Crippen LogP contribution in [-0.2, 0) is 25.7 Å². The summed E-state index contributed by atoms with van der Waals surface area (Å²) in [5, 5.41) is 8.96. The molecular weight excluding hydrogens is 426 g/mol. The number of carboxylic acids is 1. The summed E-state index contributed by atoms with van der Waals surface area (Å²) in [4.78, 5) is 36.3. The molecule has 0 spiro atoms. The Bertz CT molecular complexity index is 975. The summed E-state index contributed by atoms with van der Waals surface area (Å²) >= 11 is 0. The van der Waals surface area contributed by atoms with Crippen molar-refractivity contribution in [3.05, 3.63) is 35.4 Å². The summed E-state index contributed by atoms with van der Waals surface area (Å²) in [6.07, 6.45) is 1.87. The molecule has 170 valence electrons. The first kappa shape index (κ1) is 23.0. The lowest BCUT2D eigenvalue weighted by Gasteiger charge is -2.28. The molecule has 0 aromatic heterocycles. The van der Waals surface area contributed by atoms with Gasteiger partial charge in [0.2, 0.25) is 5.91 Å². The van der Waals surface area contributed by atoms with Gasteiger partial charge in [-0.05, 0) is 48.8 Å². The number of nitrogens with two attached hydrogens (primary N) is 1. The summed E-state index contributed by atoms with van der Waals surface area (Å²) in [7, 11) is -4.32. The van der Waals surface area contributed by atoms with Gasteiger partial charge in [0.1, 0.15) is 6.04 Å². The Labute approximate surface area is 181 Å². The normalized spacial score (nSPS) is 21.4. The minimum Gasteiger partial charge on any atom is -0.478 e. The lowest BCUT2D eigenvalue weighted by molar-refractivity contribution is -0.122. The third-order valence-corrected chi connectivity index (χ3v) is 7.13. The molecular formula is C20H27N3O7S. The molecule has 0 aliphatic carbocycles. The van der Waals surface area contributed by atoms with E-state index >= 15 is 0 Å². The van der Waals surface area contributed by atoms with E-state index in [0.717, 1.165) is 9.87 Å². The number of rotatable bonds is 9. The van der Waals surface area contributed by atoms with Gasteiger partial charge in [0, 0.05) is 6.54 Å². The van der Waals surface area contributed by atoms with Crippen LogP contribution in [0.5, 0.6) is 0 Å². The molecule has 3 rings (SSSR count). The maximum atomic E-state index is 12.8. The van der Waals surface area contributed by atoms with Gasteiger partial charge in [0.25, 0.3) is 0 Å². The smallest absolute Gasteiger partial charge is 0.366 e. The molecule has 10 nitrogen and oxygen atoms in total. The Balaban J connectivity index is 1.59. The molecule has 11 heteroatoms. The summed E-state index contributed by atoms with van der Waals surface area (Å²) < 4.78 is 31.5. The molecule has 2 atom stereocenters. The zero-order valence-electron chi connectivity index (χ0n) is 17.5. The summed E-state index contributed by atoms with van der Waals surface area (Å²) in [5.74, 6) is -1.64. The molecule has 0 saturated carbocycles. The molecule has 1 aromatic rings. The Hall–Kier alpha value is -2.66. The summed E-state index contributed by atoms with van der Waals surface area (Å²) in [6, 6.07) is 4.36. The van der Waals surface area contributed by atoms with Gasteiger partial charge in [-0.25, -0.2) is 9.59 Å². The second kappa shape index (κ2) is 8.46. The molecule has 2 bridgehead atoms. The van der Waals surface area contributed by atoms with E-state index < -0.39 is 45.7 Å². The average Bonchev–Trinajstić information content (AvgIpc) is 2.96. The third kappa shape index (κ3) is 4.99. The Morgan fingerprint density at radius 2 is 1.87 bits per heavy atom. The van der Waals surface area contributed by atoms with Crippen LogP contribution in [-0.4, -0.2) is 65.9 Å². The lowest BCUT2D eigenvalue weighted by atomic mass is 9.87. The predicted molar refractivity (Wildman–Crippen MR) is 110 cm³/mol. The molecule has 2 saturated heterocycles. The zero-order valence-corrected chi connectivity index (χ0v) is 18.3. The Morgan fingerprint density at radius 3 is 2.45 bits per heavy atom. The van der Waals surface area contributed by atoms with E-state index in [-0.39, 0.29) is 18.7 Å². The van der Waals surface area contributed by atoms with E-state index in [4.69, 9.17) is 15.0 Å². The number of nitrogens with zero attached hydrogens (tertiary/aromatic N) is 2. The predicted octanol–water partition coefficient (Wildman–Crippen LogP) is 1.36. The van der Waals surface area contributed by atoms with Crippen LogP contribution in [0.1, 0.15) is 49.0 Å². The van der Waals surface area contributed by atoms with Gasteiger partial charge in [-0.3, -0.25) is 8.98 Å². The summed E-state index contributed by atoms with van der Waals surface area (Å²) in [5.41, 5.74) is 5.93. The molecule has 2 fully saturated rings. The number of piperidine rings is 1. The van der Waals surface area contributed by atoms with Crippen LogP contribution in [0.4, 0.5) is 4.79 Å². The molecule has 3 amide bonds. The van der Waals surface area contributed by atoms with Crippen molar-refractivity contribution in [1.29, 1.82) is 0 Å². The molecule has 2 heterocycles. The van der Waals surface area contributed by atoms with Crippen molar-refractivity contribution in [3.8, 4) is 0 Å². The van der Waals surface area contributed by atoms with Crippen molar-refractivity contribution in [2.45, 2.75) is 51.6 Å². The minimum absolute atomic E-state index is 0.127. The van der Waals surface area contributed by atoms with E-state index in [0.29, 0.717) is 25.7 Å². The van der Waals surface area contributed by atoms with Crippen LogP contribution in [0.3, 0.4) is 0 Å². The van der Waals surface area contributed by atoms with E-state index in [2.05, 4.69) is 0 Å². The standard InChI is InChI=1S/C20H27N3O7S/c1-20(2,10-9-13-3-5-14(6-4-13)18(25)26)12-30-31(28,29)23-15-7-8-16(17(21)24)22(11-15)19(23)27/h3-6,15-16H,7-12H2,1-2H3,(H2,21,24)(H,25,26)/t15-,16+/m1/s1. The highest BCUT2D eigenvalue weighted by Gasteiger charge is 2.51. The fourth-order valence-corrected chi connectivity index (χ4v) is 5.29. The first-order valence-corrected chi connectivity index (χ1v) is 11.4. The van der Waals surface area contributed by atoms with E-state index in [1.165, 1.54) is 17.0 Å². The highest BCUT2D eigenvalue weighted by Crippen LogP contribution is 2.33. The highest BCUT2D eigenvalue weighted by molar-refractivity contribution is 7.84. The SMILES string of the molecule is CC(C)(CCc1ccc(C(=O)O)cc1)COS(=O)(=O)N1C(=O)N2C[C@H]1CC[C@H]2C(N)=O. The van der Waals surface area contributed by atoms with E-state index in [1.54, 1.807) is 12.1 Å². The van der Waals surface area contributed by atoms with Crippen LogP contribution < -0.4 is 5.73 Å². The van der Waals surface area contributed by atoms with Crippen LogP contribution in [0, 0.1) is 5.41 Å². The van der Waals surface area contributed by atoms with Gasteiger partial charge < -0.3 is 15.7 Å². The number of carboxylic acid groups (broad SMARTS) is 1. The molecule has 2 aliphatic rings. The number of carbonyl (C=O) groups is 3. The topological polar surface area (TPSA) is 147 Å². The van der Waals surface area contributed by atoms with Crippen molar-refractivity contribution in [2.75, 3.05) is 13.2 Å². The number of fused-ring (bicyclic) bond motifs is 2. The minimum atomic E-state index is -4.32. The molecule has 2 aliphatic heterocycles. The van der Waals surface area contributed by atoms with Gasteiger partial charge in [-0.2, -0.15) is 12.7 Å². The summed E-state index contributed by atoms with van der Waals surface area (Å²) in [6.45, 7) is 3.71. The number of carbonyl (C=O) groups excluding carboxylic acids is 2. The number of aromatic carboxylic acids is 1. The van der Waals surface area contributed by atoms with Crippen LogP contribution in [0.15, 0.2) is 24.3 Å². The van der Waals surface area contributed by atoms with Gasteiger partial charge in [0.05, 0.1) is 18.2 Å². The second-order valence-corrected chi connectivity index (χ2v) is 10.3. The molecule has 31 heavy (non-hydrogen) atoms. The Morgan fingerprint density at radius 1 is 1.23 bits per heavy atom. The maximum absolute atomic E-state index is 12.8. The van der Waals surface area contributed by atoms with Crippen molar-refractivity contribution < 1.29 is 32.1 Å². The van der Waals surface area contributed by atoms with Crippen molar-refractivity contribution in [3.63, 3.8) is 0 Å². The van der Waals surface area contributed by atoms with Crippen LogP contribution >= 0.6 is 0 Å².